The van der Waals surface area contributed by atoms with E-state index in [9.17, 15) is 4.79 Å². The lowest BCUT2D eigenvalue weighted by Gasteiger charge is -2.31. The summed E-state index contributed by atoms with van der Waals surface area (Å²) in [6.45, 7) is 4.52. The third-order valence-corrected chi connectivity index (χ3v) is 4.72. The molecule has 0 N–H and O–H groups in total. The SMILES string of the molecule is O=C(N1CCCC1)N1CCn2nnc(COCc3cccnc3)c2C1. The first-order chi connectivity index (χ1) is 12.3. The first-order valence-corrected chi connectivity index (χ1v) is 8.73. The van der Waals surface area contributed by atoms with Crippen molar-refractivity contribution in [1.29, 1.82) is 0 Å². The fraction of sp³-hybridized carbons (Fsp3) is 0.529. The van der Waals surface area contributed by atoms with Crippen LogP contribution in [0, 0.1) is 0 Å². The maximum atomic E-state index is 12.6. The number of nitrogens with zero attached hydrogens (tertiary/aromatic N) is 6. The lowest BCUT2D eigenvalue weighted by molar-refractivity contribution is 0.102. The normalized spacial score (nSPS) is 17.0. The van der Waals surface area contributed by atoms with Crippen LogP contribution in [-0.2, 0) is 31.0 Å². The molecule has 4 heterocycles. The van der Waals surface area contributed by atoms with Crippen LogP contribution >= 0.6 is 0 Å². The number of carbonyl (C=O) groups is 1. The van der Waals surface area contributed by atoms with Gasteiger partial charge in [-0.15, -0.1) is 5.10 Å². The Balaban J connectivity index is 1.38. The van der Waals surface area contributed by atoms with E-state index in [0.717, 1.165) is 42.9 Å². The summed E-state index contributed by atoms with van der Waals surface area (Å²) < 4.78 is 7.64. The van der Waals surface area contributed by atoms with Crippen molar-refractivity contribution in [2.45, 2.75) is 39.1 Å². The standard InChI is InChI=1S/C17H22N6O2/c24-17(21-6-1-2-7-21)22-8-9-23-16(11-22)15(19-20-23)13-25-12-14-4-3-5-18-10-14/h3-5,10H,1-2,6-9,11-13H2. The number of fused-ring (bicyclic) bond motifs is 1. The predicted octanol–water partition coefficient (Wildman–Crippen LogP) is 1.42. The van der Waals surface area contributed by atoms with Crippen LogP contribution in [0.25, 0.3) is 0 Å². The van der Waals surface area contributed by atoms with Gasteiger partial charge in [-0.3, -0.25) is 4.98 Å². The van der Waals surface area contributed by atoms with Gasteiger partial charge in [0.05, 0.1) is 32.0 Å². The molecule has 8 heteroatoms. The molecule has 2 aromatic rings. The summed E-state index contributed by atoms with van der Waals surface area (Å²) in [5.41, 5.74) is 2.81. The number of rotatable bonds is 4. The molecule has 25 heavy (non-hydrogen) atoms. The summed E-state index contributed by atoms with van der Waals surface area (Å²) in [6, 6.07) is 4.00. The Bertz CT molecular complexity index is 726. The highest BCUT2D eigenvalue weighted by Gasteiger charge is 2.29. The first-order valence-electron chi connectivity index (χ1n) is 8.73. The van der Waals surface area contributed by atoms with Crippen LogP contribution in [0.15, 0.2) is 24.5 Å². The number of pyridine rings is 1. The van der Waals surface area contributed by atoms with Gasteiger partial charge in [0.15, 0.2) is 0 Å². The number of hydrogen-bond acceptors (Lipinski definition) is 5. The summed E-state index contributed by atoms with van der Waals surface area (Å²) in [4.78, 5) is 20.5. The monoisotopic (exact) mass is 342 g/mol. The minimum atomic E-state index is 0.132. The first kappa shape index (κ1) is 16.0. The van der Waals surface area contributed by atoms with E-state index in [0.29, 0.717) is 32.8 Å². The number of urea groups is 1. The number of hydrogen-bond donors (Lipinski definition) is 0. The van der Waals surface area contributed by atoms with Gasteiger partial charge in [0.1, 0.15) is 5.69 Å². The van der Waals surface area contributed by atoms with Crippen LogP contribution < -0.4 is 0 Å². The van der Waals surface area contributed by atoms with E-state index in [1.807, 2.05) is 26.6 Å². The van der Waals surface area contributed by atoms with Crippen molar-refractivity contribution in [2.24, 2.45) is 0 Å². The molecule has 132 valence electrons. The molecule has 2 aliphatic heterocycles. The molecular weight excluding hydrogens is 320 g/mol. The summed E-state index contributed by atoms with van der Waals surface area (Å²) in [7, 11) is 0. The Morgan fingerprint density at radius 2 is 2.00 bits per heavy atom. The fourth-order valence-corrected chi connectivity index (χ4v) is 3.33. The van der Waals surface area contributed by atoms with E-state index < -0.39 is 0 Å². The number of amides is 2. The van der Waals surface area contributed by atoms with Crippen molar-refractivity contribution in [3.63, 3.8) is 0 Å². The van der Waals surface area contributed by atoms with Gasteiger partial charge in [-0.1, -0.05) is 11.3 Å². The zero-order chi connectivity index (χ0) is 17.1. The molecule has 0 radical (unpaired) electrons. The van der Waals surface area contributed by atoms with Crippen LogP contribution in [0.2, 0.25) is 0 Å². The van der Waals surface area contributed by atoms with E-state index in [1.165, 1.54) is 0 Å². The molecular formula is C17H22N6O2. The Morgan fingerprint density at radius 3 is 2.80 bits per heavy atom. The smallest absolute Gasteiger partial charge is 0.320 e. The molecule has 2 aromatic heterocycles. The molecule has 0 atom stereocenters. The van der Waals surface area contributed by atoms with Gasteiger partial charge < -0.3 is 14.5 Å². The molecule has 0 spiro atoms. The zero-order valence-corrected chi connectivity index (χ0v) is 14.2. The molecule has 0 unspecified atom stereocenters. The molecule has 2 amide bonds. The third kappa shape index (κ3) is 3.48. The molecule has 1 fully saturated rings. The van der Waals surface area contributed by atoms with E-state index in [1.54, 1.807) is 12.4 Å². The predicted molar refractivity (Wildman–Crippen MR) is 89.4 cm³/mol. The van der Waals surface area contributed by atoms with Gasteiger partial charge >= 0.3 is 6.03 Å². The van der Waals surface area contributed by atoms with Gasteiger partial charge in [0.25, 0.3) is 0 Å². The van der Waals surface area contributed by atoms with Crippen molar-refractivity contribution in [3.05, 3.63) is 41.5 Å². The van der Waals surface area contributed by atoms with Crippen LogP contribution in [0.5, 0.6) is 0 Å². The Morgan fingerprint density at radius 1 is 1.12 bits per heavy atom. The highest BCUT2D eigenvalue weighted by atomic mass is 16.5. The fourth-order valence-electron chi connectivity index (χ4n) is 3.33. The van der Waals surface area contributed by atoms with Crippen LogP contribution in [0.4, 0.5) is 4.79 Å². The van der Waals surface area contributed by atoms with Gasteiger partial charge in [0, 0.05) is 32.0 Å². The minimum absolute atomic E-state index is 0.132. The van der Waals surface area contributed by atoms with Crippen LogP contribution in [0.1, 0.15) is 29.8 Å². The largest absolute Gasteiger partial charge is 0.370 e. The Hall–Kier alpha value is -2.48. The maximum Gasteiger partial charge on any atom is 0.320 e. The lowest BCUT2D eigenvalue weighted by atomic mass is 10.2. The lowest BCUT2D eigenvalue weighted by Crippen LogP contribution is -2.45. The van der Waals surface area contributed by atoms with Gasteiger partial charge in [-0.25, -0.2) is 9.48 Å². The van der Waals surface area contributed by atoms with Crippen LogP contribution in [-0.4, -0.2) is 55.4 Å². The highest BCUT2D eigenvalue weighted by molar-refractivity contribution is 5.74. The second-order valence-electron chi connectivity index (χ2n) is 6.46. The van der Waals surface area contributed by atoms with E-state index >= 15 is 0 Å². The number of carbonyl (C=O) groups excluding carboxylic acids is 1. The van der Waals surface area contributed by atoms with Crippen molar-refractivity contribution in [1.82, 2.24) is 29.8 Å². The van der Waals surface area contributed by atoms with Crippen LogP contribution in [0.3, 0.4) is 0 Å². The average molecular weight is 342 g/mol. The molecule has 8 nitrogen and oxygen atoms in total. The second-order valence-corrected chi connectivity index (χ2v) is 6.46. The Labute approximate surface area is 146 Å². The van der Waals surface area contributed by atoms with Crippen molar-refractivity contribution < 1.29 is 9.53 Å². The maximum absolute atomic E-state index is 12.6. The molecule has 0 aliphatic carbocycles. The molecule has 0 bridgehead atoms. The third-order valence-electron chi connectivity index (χ3n) is 4.72. The topological polar surface area (TPSA) is 76.4 Å². The number of ether oxygens (including phenoxy) is 1. The Kier molecular flexibility index (Phi) is 4.60. The molecule has 4 rings (SSSR count). The average Bonchev–Trinajstić information content (AvgIpc) is 3.32. The quantitative estimate of drug-likeness (QED) is 0.840. The van der Waals surface area contributed by atoms with Gasteiger partial charge in [-0.2, -0.15) is 0 Å². The van der Waals surface area contributed by atoms with Crippen molar-refractivity contribution >= 4 is 6.03 Å². The van der Waals surface area contributed by atoms with E-state index in [4.69, 9.17) is 4.74 Å². The molecule has 0 saturated carbocycles. The number of likely N-dealkylation sites (tertiary alicyclic amines) is 1. The van der Waals surface area contributed by atoms with Gasteiger partial charge in [-0.05, 0) is 24.5 Å². The number of aromatic nitrogens is 4. The summed E-state index contributed by atoms with van der Waals surface area (Å²) >= 11 is 0. The zero-order valence-electron chi connectivity index (χ0n) is 14.2. The molecule has 1 saturated heterocycles. The summed E-state index contributed by atoms with van der Waals surface area (Å²) in [5, 5.41) is 8.44. The second kappa shape index (κ2) is 7.18. The van der Waals surface area contributed by atoms with Crippen molar-refractivity contribution in [2.75, 3.05) is 19.6 Å². The van der Waals surface area contributed by atoms with E-state index in [2.05, 4.69) is 15.3 Å². The molecule has 0 aromatic carbocycles. The minimum Gasteiger partial charge on any atom is -0.370 e. The van der Waals surface area contributed by atoms with E-state index in [-0.39, 0.29) is 6.03 Å². The summed E-state index contributed by atoms with van der Waals surface area (Å²) in [5.74, 6) is 0. The molecule has 2 aliphatic rings. The van der Waals surface area contributed by atoms with Crippen molar-refractivity contribution in [3.8, 4) is 0 Å². The highest BCUT2D eigenvalue weighted by Crippen LogP contribution is 2.19. The summed E-state index contributed by atoms with van der Waals surface area (Å²) in [6.07, 6.45) is 5.74. The van der Waals surface area contributed by atoms with Gasteiger partial charge in [0.2, 0.25) is 0 Å².